The largest absolute Gasteiger partial charge is 0.352 e. The molecule has 1 atom stereocenters. The highest BCUT2D eigenvalue weighted by Crippen LogP contribution is 2.27. The van der Waals surface area contributed by atoms with Crippen LogP contribution in [0.15, 0.2) is 46.9 Å². The lowest BCUT2D eigenvalue weighted by Gasteiger charge is -2.32. The smallest absolute Gasteiger partial charge is 0.244 e. The van der Waals surface area contributed by atoms with E-state index in [1.807, 2.05) is 24.3 Å². The molecule has 3 rings (SSSR count). The van der Waals surface area contributed by atoms with Crippen LogP contribution < -0.4 is 9.62 Å². The molecule has 1 fully saturated rings. The van der Waals surface area contributed by atoms with Gasteiger partial charge in [-0.05, 0) is 55.7 Å². The lowest BCUT2D eigenvalue weighted by molar-refractivity contribution is -0.139. The molecule has 1 aliphatic rings. The Bertz CT molecular complexity index is 1150. The van der Waals surface area contributed by atoms with E-state index < -0.39 is 28.5 Å². The highest BCUT2D eigenvalue weighted by atomic mass is 79.9. The molecule has 0 aliphatic heterocycles. The maximum Gasteiger partial charge on any atom is 0.244 e. The number of anilines is 1. The lowest BCUT2D eigenvalue weighted by atomic mass is 10.1. The van der Waals surface area contributed by atoms with E-state index >= 15 is 0 Å². The van der Waals surface area contributed by atoms with Gasteiger partial charge in [-0.25, -0.2) is 8.42 Å². The third-order valence-corrected chi connectivity index (χ3v) is 8.06. The van der Waals surface area contributed by atoms with Crippen molar-refractivity contribution in [1.82, 2.24) is 10.2 Å². The molecule has 0 spiro atoms. The number of sulfonamides is 1. The third-order valence-electron chi connectivity index (χ3n) is 5.95. The second kappa shape index (κ2) is 12.0. The van der Waals surface area contributed by atoms with Gasteiger partial charge in [0.15, 0.2) is 0 Å². The summed E-state index contributed by atoms with van der Waals surface area (Å²) < 4.78 is 27.1. The molecule has 1 unspecified atom stereocenters. The first-order valence-corrected chi connectivity index (χ1v) is 14.6. The predicted octanol–water partition coefficient (Wildman–Crippen LogP) is 5.00. The van der Waals surface area contributed by atoms with Crippen molar-refractivity contribution in [3.63, 3.8) is 0 Å². The zero-order valence-electron chi connectivity index (χ0n) is 19.5. The van der Waals surface area contributed by atoms with Crippen molar-refractivity contribution in [3.05, 3.63) is 62.5 Å². The Morgan fingerprint density at radius 3 is 2.20 bits per heavy atom. The summed E-state index contributed by atoms with van der Waals surface area (Å²) in [6, 6.07) is 11.0. The molecule has 0 saturated heterocycles. The van der Waals surface area contributed by atoms with Gasteiger partial charge in [-0.2, -0.15) is 0 Å². The zero-order chi connectivity index (χ0) is 25.8. The number of hydrogen-bond acceptors (Lipinski definition) is 4. The monoisotopic (exact) mass is 603 g/mol. The van der Waals surface area contributed by atoms with Gasteiger partial charge in [-0.3, -0.25) is 13.9 Å². The van der Waals surface area contributed by atoms with Gasteiger partial charge < -0.3 is 10.2 Å². The molecule has 1 aliphatic carbocycles. The first-order valence-electron chi connectivity index (χ1n) is 11.2. The van der Waals surface area contributed by atoms with E-state index in [-0.39, 0.29) is 34.2 Å². The van der Waals surface area contributed by atoms with Crippen LogP contribution in [0.5, 0.6) is 0 Å². The summed E-state index contributed by atoms with van der Waals surface area (Å²) >= 11 is 15.6. The average molecular weight is 605 g/mol. The number of hydrogen-bond donors (Lipinski definition) is 1. The van der Waals surface area contributed by atoms with Crippen LogP contribution in [0.2, 0.25) is 10.0 Å². The van der Waals surface area contributed by atoms with Gasteiger partial charge in [0.05, 0.1) is 11.9 Å². The second-order valence-corrected chi connectivity index (χ2v) is 12.4. The van der Waals surface area contributed by atoms with Crippen molar-refractivity contribution in [3.8, 4) is 0 Å². The minimum Gasteiger partial charge on any atom is -0.352 e. The molecule has 35 heavy (non-hydrogen) atoms. The molecule has 2 aromatic carbocycles. The minimum atomic E-state index is -3.86. The van der Waals surface area contributed by atoms with E-state index in [1.165, 1.54) is 23.1 Å². The summed E-state index contributed by atoms with van der Waals surface area (Å²) in [5.74, 6) is -0.789. The Hall–Kier alpha value is -1.81. The predicted molar refractivity (Wildman–Crippen MR) is 143 cm³/mol. The van der Waals surface area contributed by atoms with Crippen LogP contribution in [-0.2, 0) is 26.2 Å². The Kier molecular flexibility index (Phi) is 9.48. The van der Waals surface area contributed by atoms with Crippen molar-refractivity contribution >= 4 is 66.7 Å². The van der Waals surface area contributed by atoms with Crippen LogP contribution in [0.3, 0.4) is 0 Å². The molecule has 11 heteroatoms. The van der Waals surface area contributed by atoms with E-state index in [0.717, 1.165) is 46.3 Å². The van der Waals surface area contributed by atoms with Crippen LogP contribution in [0.1, 0.15) is 38.2 Å². The van der Waals surface area contributed by atoms with Gasteiger partial charge in [-0.1, -0.05) is 64.1 Å². The highest BCUT2D eigenvalue weighted by molar-refractivity contribution is 9.10. The third kappa shape index (κ3) is 7.84. The van der Waals surface area contributed by atoms with Gasteiger partial charge in [0.2, 0.25) is 21.8 Å². The summed E-state index contributed by atoms with van der Waals surface area (Å²) in [5.41, 5.74) is 0.976. The quantitative estimate of drug-likeness (QED) is 0.436. The van der Waals surface area contributed by atoms with Gasteiger partial charge in [0.25, 0.3) is 0 Å². The summed E-state index contributed by atoms with van der Waals surface area (Å²) in [4.78, 5) is 28.0. The van der Waals surface area contributed by atoms with Gasteiger partial charge in [0.1, 0.15) is 12.6 Å². The lowest BCUT2D eigenvalue weighted by Crippen LogP contribution is -2.52. The maximum absolute atomic E-state index is 13.6. The summed E-state index contributed by atoms with van der Waals surface area (Å²) in [5, 5.41) is 3.51. The van der Waals surface area contributed by atoms with Gasteiger partial charge in [0, 0.05) is 27.1 Å². The number of halogens is 3. The fourth-order valence-corrected chi connectivity index (χ4v) is 5.67. The van der Waals surface area contributed by atoms with E-state index in [9.17, 15) is 18.0 Å². The number of benzene rings is 2. The highest BCUT2D eigenvalue weighted by Gasteiger charge is 2.31. The molecule has 2 aromatic rings. The van der Waals surface area contributed by atoms with E-state index in [0.29, 0.717) is 0 Å². The molecular formula is C24H28BrCl2N3O4S. The van der Waals surface area contributed by atoms with Gasteiger partial charge in [-0.15, -0.1) is 0 Å². The topological polar surface area (TPSA) is 86.8 Å². The van der Waals surface area contributed by atoms with Crippen molar-refractivity contribution in [2.24, 2.45) is 0 Å². The Labute approximate surface area is 224 Å². The molecule has 0 bridgehead atoms. The number of carbonyl (C=O) groups excluding carboxylic acids is 2. The number of nitrogens with one attached hydrogen (secondary N) is 1. The molecule has 190 valence electrons. The molecule has 1 N–H and O–H groups in total. The van der Waals surface area contributed by atoms with Crippen molar-refractivity contribution in [1.29, 1.82) is 0 Å². The van der Waals surface area contributed by atoms with Crippen LogP contribution >= 0.6 is 39.1 Å². The summed E-state index contributed by atoms with van der Waals surface area (Å²) in [6.45, 7) is 1.29. The Morgan fingerprint density at radius 1 is 1.09 bits per heavy atom. The molecule has 2 amide bonds. The fraction of sp³-hybridized carbons (Fsp3) is 0.417. The van der Waals surface area contributed by atoms with Gasteiger partial charge >= 0.3 is 0 Å². The SMILES string of the molecule is CC(C(=O)NC1CCCC1)N(Cc1ccc(Br)cc1)C(=O)CN(c1cc(Cl)cc(Cl)c1)S(C)(=O)=O. The summed E-state index contributed by atoms with van der Waals surface area (Å²) in [7, 11) is -3.86. The normalized spacial score (nSPS) is 15.0. The Balaban J connectivity index is 1.89. The second-order valence-electron chi connectivity index (χ2n) is 8.71. The molecule has 0 radical (unpaired) electrons. The van der Waals surface area contributed by atoms with E-state index in [4.69, 9.17) is 23.2 Å². The van der Waals surface area contributed by atoms with Crippen molar-refractivity contribution in [2.45, 2.75) is 51.2 Å². The summed E-state index contributed by atoms with van der Waals surface area (Å²) in [6.07, 6.45) is 4.95. The first kappa shape index (κ1) is 27.8. The maximum atomic E-state index is 13.6. The van der Waals surface area contributed by atoms with Crippen LogP contribution in [-0.4, -0.2) is 50.0 Å². The molecule has 7 nitrogen and oxygen atoms in total. The Morgan fingerprint density at radius 2 is 1.66 bits per heavy atom. The van der Waals surface area contributed by atoms with Crippen LogP contribution in [0, 0.1) is 0 Å². The number of amides is 2. The zero-order valence-corrected chi connectivity index (χ0v) is 23.4. The first-order chi connectivity index (χ1) is 16.4. The number of rotatable bonds is 9. The number of nitrogens with zero attached hydrogens (tertiary/aromatic N) is 2. The van der Waals surface area contributed by atoms with Crippen LogP contribution in [0.4, 0.5) is 5.69 Å². The molecule has 1 saturated carbocycles. The minimum absolute atomic E-state index is 0.0932. The molecular weight excluding hydrogens is 577 g/mol. The van der Waals surface area contributed by atoms with E-state index in [2.05, 4.69) is 21.2 Å². The van der Waals surface area contributed by atoms with Crippen molar-refractivity contribution < 1.29 is 18.0 Å². The molecule has 0 heterocycles. The van der Waals surface area contributed by atoms with E-state index in [1.54, 1.807) is 6.92 Å². The molecule has 0 aromatic heterocycles. The van der Waals surface area contributed by atoms with Crippen LogP contribution in [0.25, 0.3) is 0 Å². The fourth-order valence-electron chi connectivity index (χ4n) is 4.06. The van der Waals surface area contributed by atoms with Crippen molar-refractivity contribution in [2.75, 3.05) is 17.1 Å². The number of carbonyl (C=O) groups is 2. The average Bonchev–Trinajstić information content (AvgIpc) is 3.28. The standard InChI is InChI=1S/C24H28BrCl2N3O4S/c1-16(24(32)28-21-5-3-4-6-21)29(14-17-7-9-18(25)10-8-17)23(31)15-30(35(2,33)34)22-12-19(26)11-20(27)13-22/h7-13,16,21H,3-6,14-15H2,1-2H3,(H,28,32).